The number of aryl methyl sites for hydroxylation is 1. The zero-order chi connectivity index (χ0) is 18.4. The van der Waals surface area contributed by atoms with Gasteiger partial charge in [0.05, 0.1) is 5.92 Å². The monoisotopic (exact) mass is 368 g/mol. The molecule has 2 aromatic carbocycles. The highest BCUT2D eigenvalue weighted by Gasteiger charge is 2.41. The van der Waals surface area contributed by atoms with Gasteiger partial charge in [-0.1, -0.05) is 35.9 Å². The number of anilines is 2. The third-order valence-electron chi connectivity index (χ3n) is 5.39. The van der Waals surface area contributed by atoms with Crippen LogP contribution in [-0.4, -0.2) is 24.4 Å². The second kappa shape index (κ2) is 6.44. The number of benzene rings is 2. The fourth-order valence-corrected chi connectivity index (χ4v) is 4.15. The SMILES string of the molecule is Cc1ccc(N2CC(C(=O)N3c4ccccc4CC3C)CC2=O)cc1Cl. The first-order valence-corrected chi connectivity index (χ1v) is 9.31. The summed E-state index contributed by atoms with van der Waals surface area (Å²) in [6.07, 6.45) is 1.11. The van der Waals surface area contributed by atoms with Crippen molar-refractivity contribution in [3.8, 4) is 0 Å². The van der Waals surface area contributed by atoms with Crippen molar-refractivity contribution in [1.82, 2.24) is 0 Å². The van der Waals surface area contributed by atoms with Crippen LogP contribution in [0.5, 0.6) is 0 Å². The maximum Gasteiger partial charge on any atom is 0.232 e. The normalized spacial score (nSPS) is 22.0. The van der Waals surface area contributed by atoms with E-state index in [1.54, 1.807) is 11.0 Å². The van der Waals surface area contributed by atoms with E-state index in [1.807, 2.05) is 42.2 Å². The molecule has 134 valence electrons. The van der Waals surface area contributed by atoms with Gasteiger partial charge in [-0.3, -0.25) is 9.59 Å². The Morgan fingerprint density at radius 2 is 1.92 bits per heavy atom. The molecular formula is C21H21ClN2O2. The van der Waals surface area contributed by atoms with E-state index in [2.05, 4.69) is 13.0 Å². The van der Waals surface area contributed by atoms with Crippen molar-refractivity contribution >= 4 is 34.8 Å². The second-order valence-corrected chi connectivity index (χ2v) is 7.64. The summed E-state index contributed by atoms with van der Waals surface area (Å²) in [6.45, 7) is 4.39. The average Bonchev–Trinajstić information content (AvgIpc) is 3.16. The van der Waals surface area contributed by atoms with Crippen molar-refractivity contribution < 1.29 is 9.59 Å². The predicted molar refractivity (Wildman–Crippen MR) is 104 cm³/mol. The van der Waals surface area contributed by atoms with E-state index in [0.717, 1.165) is 23.4 Å². The topological polar surface area (TPSA) is 40.6 Å². The van der Waals surface area contributed by atoms with Crippen molar-refractivity contribution in [1.29, 1.82) is 0 Å². The molecule has 4 nitrogen and oxygen atoms in total. The van der Waals surface area contributed by atoms with Gasteiger partial charge >= 0.3 is 0 Å². The van der Waals surface area contributed by atoms with Gasteiger partial charge in [-0.05, 0) is 49.6 Å². The van der Waals surface area contributed by atoms with E-state index in [0.29, 0.717) is 11.6 Å². The van der Waals surface area contributed by atoms with Gasteiger partial charge in [0, 0.05) is 35.4 Å². The average molecular weight is 369 g/mol. The first kappa shape index (κ1) is 17.1. The molecule has 5 heteroatoms. The zero-order valence-electron chi connectivity index (χ0n) is 14.9. The lowest BCUT2D eigenvalue weighted by molar-refractivity contribution is -0.124. The Morgan fingerprint density at radius 1 is 1.15 bits per heavy atom. The Hall–Kier alpha value is -2.33. The summed E-state index contributed by atoms with van der Waals surface area (Å²) < 4.78 is 0. The van der Waals surface area contributed by atoms with Crippen LogP contribution in [0.25, 0.3) is 0 Å². The van der Waals surface area contributed by atoms with Crippen molar-refractivity contribution in [2.45, 2.75) is 32.7 Å². The number of para-hydroxylation sites is 1. The van der Waals surface area contributed by atoms with Crippen molar-refractivity contribution in [2.24, 2.45) is 5.92 Å². The lowest BCUT2D eigenvalue weighted by Crippen LogP contribution is -2.41. The maximum atomic E-state index is 13.2. The van der Waals surface area contributed by atoms with Crippen LogP contribution in [0, 0.1) is 12.8 Å². The van der Waals surface area contributed by atoms with Crippen molar-refractivity contribution in [3.63, 3.8) is 0 Å². The van der Waals surface area contributed by atoms with E-state index in [9.17, 15) is 9.59 Å². The van der Waals surface area contributed by atoms with E-state index in [-0.39, 0.29) is 30.2 Å². The summed E-state index contributed by atoms with van der Waals surface area (Å²) in [7, 11) is 0. The van der Waals surface area contributed by atoms with Gasteiger partial charge in [0.15, 0.2) is 0 Å². The number of amides is 2. The largest absolute Gasteiger partial charge is 0.312 e. The standard InChI is InChI=1S/C21H21ClN2O2/c1-13-7-8-17(11-18(13)22)23-12-16(10-20(23)25)21(26)24-14(2)9-15-5-3-4-6-19(15)24/h3-8,11,14,16H,9-10,12H2,1-2H3. The van der Waals surface area contributed by atoms with Crippen molar-refractivity contribution in [2.75, 3.05) is 16.3 Å². The summed E-state index contributed by atoms with van der Waals surface area (Å²) in [6, 6.07) is 13.7. The Kier molecular flexibility index (Phi) is 4.23. The van der Waals surface area contributed by atoms with Gasteiger partial charge < -0.3 is 9.80 Å². The summed E-state index contributed by atoms with van der Waals surface area (Å²) in [5, 5.41) is 0.632. The van der Waals surface area contributed by atoms with Crippen LogP contribution in [0.3, 0.4) is 0 Å². The molecule has 0 aromatic heterocycles. The molecule has 2 aliphatic rings. The molecule has 2 amide bonds. The Bertz CT molecular complexity index is 895. The molecular weight excluding hydrogens is 348 g/mol. The minimum absolute atomic E-state index is 0.0246. The molecule has 0 saturated carbocycles. The number of carbonyl (C=O) groups is 2. The number of rotatable bonds is 2. The maximum absolute atomic E-state index is 13.2. The number of fused-ring (bicyclic) bond motifs is 1. The lowest BCUT2D eigenvalue weighted by atomic mass is 10.1. The van der Waals surface area contributed by atoms with Gasteiger partial charge in [0.2, 0.25) is 11.8 Å². The lowest BCUT2D eigenvalue weighted by Gasteiger charge is -2.26. The van der Waals surface area contributed by atoms with Crippen LogP contribution < -0.4 is 9.80 Å². The highest BCUT2D eigenvalue weighted by atomic mass is 35.5. The van der Waals surface area contributed by atoms with Gasteiger partial charge in [0.1, 0.15) is 0 Å². The molecule has 26 heavy (non-hydrogen) atoms. The fraction of sp³-hybridized carbons (Fsp3) is 0.333. The number of nitrogens with zero attached hydrogens (tertiary/aromatic N) is 2. The predicted octanol–water partition coefficient (Wildman–Crippen LogP) is 3.98. The molecule has 4 rings (SSSR count). The molecule has 2 aliphatic heterocycles. The molecule has 0 bridgehead atoms. The van der Waals surface area contributed by atoms with Gasteiger partial charge in [-0.15, -0.1) is 0 Å². The van der Waals surface area contributed by atoms with E-state index in [1.165, 1.54) is 5.56 Å². The first-order valence-electron chi connectivity index (χ1n) is 8.93. The molecule has 2 aromatic rings. The van der Waals surface area contributed by atoms with Crippen molar-refractivity contribution in [3.05, 3.63) is 58.6 Å². The quantitative estimate of drug-likeness (QED) is 0.804. The van der Waals surface area contributed by atoms with Crippen LogP contribution in [0.2, 0.25) is 5.02 Å². The molecule has 2 atom stereocenters. The third kappa shape index (κ3) is 2.78. The smallest absolute Gasteiger partial charge is 0.232 e. The summed E-state index contributed by atoms with van der Waals surface area (Å²) in [4.78, 5) is 29.3. The molecule has 1 saturated heterocycles. The van der Waals surface area contributed by atoms with Gasteiger partial charge in [-0.2, -0.15) is 0 Å². The molecule has 0 aliphatic carbocycles. The highest BCUT2D eigenvalue weighted by molar-refractivity contribution is 6.31. The summed E-state index contributed by atoms with van der Waals surface area (Å²) >= 11 is 6.20. The van der Waals surface area contributed by atoms with Gasteiger partial charge in [-0.25, -0.2) is 0 Å². The van der Waals surface area contributed by atoms with Gasteiger partial charge in [0.25, 0.3) is 0 Å². The number of hydrogen-bond acceptors (Lipinski definition) is 2. The Balaban J connectivity index is 1.57. The van der Waals surface area contributed by atoms with E-state index in [4.69, 9.17) is 11.6 Å². The van der Waals surface area contributed by atoms with Crippen LogP contribution in [0.1, 0.15) is 24.5 Å². The Labute approximate surface area is 158 Å². The first-order chi connectivity index (χ1) is 12.5. The minimum atomic E-state index is -0.323. The van der Waals surface area contributed by atoms with Crippen LogP contribution in [0.15, 0.2) is 42.5 Å². The van der Waals surface area contributed by atoms with Crippen LogP contribution in [-0.2, 0) is 16.0 Å². The molecule has 0 radical (unpaired) electrons. The molecule has 0 spiro atoms. The van der Waals surface area contributed by atoms with Crippen LogP contribution >= 0.6 is 11.6 Å². The number of carbonyl (C=O) groups excluding carboxylic acids is 2. The molecule has 1 fully saturated rings. The molecule has 2 unspecified atom stereocenters. The Morgan fingerprint density at radius 3 is 2.69 bits per heavy atom. The number of hydrogen-bond donors (Lipinski definition) is 0. The summed E-state index contributed by atoms with van der Waals surface area (Å²) in [5.74, 6) is -0.309. The second-order valence-electron chi connectivity index (χ2n) is 7.23. The third-order valence-corrected chi connectivity index (χ3v) is 5.79. The number of halogens is 1. The summed E-state index contributed by atoms with van der Waals surface area (Å²) in [5.41, 5.74) is 3.90. The van der Waals surface area contributed by atoms with E-state index < -0.39 is 0 Å². The van der Waals surface area contributed by atoms with Crippen LogP contribution in [0.4, 0.5) is 11.4 Å². The zero-order valence-corrected chi connectivity index (χ0v) is 15.7. The molecule has 2 heterocycles. The fourth-order valence-electron chi connectivity index (χ4n) is 3.97. The molecule has 0 N–H and O–H groups in total. The minimum Gasteiger partial charge on any atom is -0.312 e. The van der Waals surface area contributed by atoms with E-state index >= 15 is 0 Å². The highest BCUT2D eigenvalue weighted by Crippen LogP contribution is 2.35.